The third kappa shape index (κ3) is 2.36. The van der Waals surface area contributed by atoms with E-state index in [1.807, 2.05) is 29.2 Å². The van der Waals surface area contributed by atoms with E-state index in [1.165, 1.54) is 0 Å². The van der Waals surface area contributed by atoms with Gasteiger partial charge in [-0.1, -0.05) is 25.4 Å². The van der Waals surface area contributed by atoms with Crippen LogP contribution in [-0.2, 0) is 6.54 Å². The molecule has 0 atom stereocenters. The van der Waals surface area contributed by atoms with Crippen molar-refractivity contribution in [2.24, 2.45) is 5.92 Å². The Morgan fingerprint density at radius 2 is 2.16 bits per heavy atom. The van der Waals surface area contributed by atoms with Crippen molar-refractivity contribution in [1.82, 2.24) is 20.0 Å². The van der Waals surface area contributed by atoms with Gasteiger partial charge in [-0.2, -0.15) is 10.2 Å². The van der Waals surface area contributed by atoms with Crippen LogP contribution in [0.1, 0.15) is 13.8 Å². The van der Waals surface area contributed by atoms with E-state index in [9.17, 15) is 0 Å². The fourth-order valence-corrected chi connectivity index (χ4v) is 2.45. The standard InChI is InChI=1S/C14H15ClN4/c1-9(2)7-19-8-10(5-17-19)12-3-11(15)4-14-13(12)6-16-18-14/h3-6,8-9H,7H2,1-2H3,(H,16,18). The summed E-state index contributed by atoms with van der Waals surface area (Å²) in [5.41, 5.74) is 3.07. The molecule has 0 bridgehead atoms. The predicted octanol–water partition coefficient (Wildman–Crippen LogP) is 3.74. The number of aromatic nitrogens is 4. The Morgan fingerprint density at radius 1 is 1.32 bits per heavy atom. The number of H-pyrrole nitrogens is 1. The molecule has 2 heterocycles. The van der Waals surface area contributed by atoms with Gasteiger partial charge in [-0.05, 0) is 23.6 Å². The fourth-order valence-electron chi connectivity index (χ4n) is 2.23. The topological polar surface area (TPSA) is 46.5 Å². The molecule has 2 aromatic heterocycles. The van der Waals surface area contributed by atoms with Crippen molar-refractivity contribution in [3.63, 3.8) is 0 Å². The molecule has 0 unspecified atom stereocenters. The number of hydrogen-bond donors (Lipinski definition) is 1. The summed E-state index contributed by atoms with van der Waals surface area (Å²) in [7, 11) is 0. The molecule has 0 spiro atoms. The van der Waals surface area contributed by atoms with Crippen LogP contribution >= 0.6 is 11.6 Å². The molecule has 0 amide bonds. The van der Waals surface area contributed by atoms with Crippen molar-refractivity contribution in [2.75, 3.05) is 0 Å². The number of nitrogens with one attached hydrogen (secondary N) is 1. The minimum absolute atomic E-state index is 0.570. The van der Waals surface area contributed by atoms with Crippen LogP contribution in [0.25, 0.3) is 22.0 Å². The monoisotopic (exact) mass is 274 g/mol. The van der Waals surface area contributed by atoms with E-state index >= 15 is 0 Å². The van der Waals surface area contributed by atoms with Crippen LogP contribution in [0.15, 0.2) is 30.7 Å². The lowest BCUT2D eigenvalue weighted by Gasteiger charge is -2.04. The van der Waals surface area contributed by atoms with Gasteiger partial charge in [0.05, 0.1) is 17.9 Å². The van der Waals surface area contributed by atoms with Gasteiger partial charge in [-0.25, -0.2) is 0 Å². The molecule has 0 aliphatic heterocycles. The largest absolute Gasteiger partial charge is 0.278 e. The highest BCUT2D eigenvalue weighted by Crippen LogP contribution is 2.30. The number of fused-ring (bicyclic) bond motifs is 1. The number of rotatable bonds is 3. The lowest BCUT2D eigenvalue weighted by Crippen LogP contribution is -2.03. The second-order valence-electron chi connectivity index (χ2n) is 5.13. The minimum atomic E-state index is 0.570. The van der Waals surface area contributed by atoms with Gasteiger partial charge < -0.3 is 0 Å². The molecule has 5 heteroatoms. The van der Waals surface area contributed by atoms with E-state index in [2.05, 4.69) is 35.3 Å². The Bertz CT molecular complexity index is 711. The van der Waals surface area contributed by atoms with Crippen molar-refractivity contribution in [2.45, 2.75) is 20.4 Å². The molecule has 98 valence electrons. The van der Waals surface area contributed by atoms with E-state index in [0.29, 0.717) is 10.9 Å². The van der Waals surface area contributed by atoms with Crippen LogP contribution in [0.3, 0.4) is 0 Å². The Labute approximate surface area is 116 Å². The quantitative estimate of drug-likeness (QED) is 0.791. The molecule has 0 radical (unpaired) electrons. The average Bonchev–Trinajstić information content (AvgIpc) is 2.95. The van der Waals surface area contributed by atoms with Crippen molar-refractivity contribution < 1.29 is 0 Å². The maximum absolute atomic E-state index is 6.15. The summed E-state index contributed by atoms with van der Waals surface area (Å²) in [4.78, 5) is 0. The highest BCUT2D eigenvalue weighted by atomic mass is 35.5. The summed E-state index contributed by atoms with van der Waals surface area (Å²) in [6, 6.07) is 3.84. The van der Waals surface area contributed by atoms with E-state index in [-0.39, 0.29) is 0 Å². The van der Waals surface area contributed by atoms with Gasteiger partial charge in [0.2, 0.25) is 0 Å². The summed E-state index contributed by atoms with van der Waals surface area (Å²) in [5, 5.41) is 13.2. The molecule has 0 aliphatic carbocycles. The van der Waals surface area contributed by atoms with Gasteiger partial charge in [-0.15, -0.1) is 0 Å². The zero-order valence-electron chi connectivity index (χ0n) is 10.9. The second kappa shape index (κ2) is 4.70. The van der Waals surface area contributed by atoms with Gasteiger partial charge in [0, 0.05) is 28.7 Å². The summed E-state index contributed by atoms with van der Waals surface area (Å²) < 4.78 is 1.97. The van der Waals surface area contributed by atoms with Crippen molar-refractivity contribution in [3.8, 4) is 11.1 Å². The first-order chi connectivity index (χ1) is 9.13. The maximum Gasteiger partial charge on any atom is 0.0671 e. The van der Waals surface area contributed by atoms with Crippen LogP contribution in [-0.4, -0.2) is 20.0 Å². The van der Waals surface area contributed by atoms with Crippen molar-refractivity contribution >= 4 is 22.5 Å². The number of aromatic amines is 1. The molecule has 1 N–H and O–H groups in total. The molecule has 0 saturated carbocycles. The minimum Gasteiger partial charge on any atom is -0.278 e. The first-order valence-electron chi connectivity index (χ1n) is 6.29. The smallest absolute Gasteiger partial charge is 0.0671 e. The predicted molar refractivity (Wildman–Crippen MR) is 77.2 cm³/mol. The Kier molecular flexibility index (Phi) is 3.03. The first-order valence-corrected chi connectivity index (χ1v) is 6.67. The molecule has 1 aromatic carbocycles. The van der Waals surface area contributed by atoms with Gasteiger partial charge in [-0.3, -0.25) is 9.78 Å². The Hall–Kier alpha value is -1.81. The molecule has 0 aliphatic rings. The molecule has 3 rings (SSSR count). The van der Waals surface area contributed by atoms with E-state index in [0.717, 1.165) is 28.6 Å². The summed E-state index contributed by atoms with van der Waals surface area (Å²) in [5.74, 6) is 0.570. The molecule has 0 fully saturated rings. The number of benzene rings is 1. The zero-order chi connectivity index (χ0) is 13.4. The summed E-state index contributed by atoms with van der Waals surface area (Å²) in [6.45, 7) is 5.26. The summed E-state index contributed by atoms with van der Waals surface area (Å²) >= 11 is 6.15. The van der Waals surface area contributed by atoms with E-state index < -0.39 is 0 Å². The van der Waals surface area contributed by atoms with Crippen molar-refractivity contribution in [1.29, 1.82) is 0 Å². The van der Waals surface area contributed by atoms with E-state index in [4.69, 9.17) is 11.6 Å². The highest BCUT2D eigenvalue weighted by Gasteiger charge is 2.10. The van der Waals surface area contributed by atoms with E-state index in [1.54, 1.807) is 0 Å². The zero-order valence-corrected chi connectivity index (χ0v) is 11.6. The first kappa shape index (κ1) is 12.2. The van der Waals surface area contributed by atoms with Crippen LogP contribution in [0, 0.1) is 5.92 Å². The maximum atomic E-state index is 6.15. The lowest BCUT2D eigenvalue weighted by molar-refractivity contribution is 0.483. The molecule has 3 aromatic rings. The molecular weight excluding hydrogens is 260 g/mol. The van der Waals surface area contributed by atoms with Crippen LogP contribution in [0.5, 0.6) is 0 Å². The number of nitrogens with zero attached hydrogens (tertiary/aromatic N) is 3. The average molecular weight is 275 g/mol. The van der Waals surface area contributed by atoms with Crippen molar-refractivity contribution in [3.05, 3.63) is 35.7 Å². The summed E-state index contributed by atoms with van der Waals surface area (Å²) in [6.07, 6.45) is 5.75. The third-order valence-corrected chi connectivity index (χ3v) is 3.24. The highest BCUT2D eigenvalue weighted by molar-refractivity contribution is 6.31. The Balaban J connectivity index is 2.08. The van der Waals surface area contributed by atoms with Crippen LogP contribution < -0.4 is 0 Å². The Morgan fingerprint density at radius 3 is 2.95 bits per heavy atom. The van der Waals surface area contributed by atoms with Gasteiger partial charge in [0.1, 0.15) is 0 Å². The number of hydrogen-bond acceptors (Lipinski definition) is 2. The molecule has 0 saturated heterocycles. The second-order valence-corrected chi connectivity index (χ2v) is 5.57. The molecule has 4 nitrogen and oxygen atoms in total. The van der Waals surface area contributed by atoms with Crippen LogP contribution in [0.4, 0.5) is 0 Å². The fraction of sp³-hybridized carbons (Fsp3) is 0.286. The molecule has 19 heavy (non-hydrogen) atoms. The van der Waals surface area contributed by atoms with Crippen LogP contribution in [0.2, 0.25) is 5.02 Å². The van der Waals surface area contributed by atoms with Gasteiger partial charge in [0.15, 0.2) is 0 Å². The normalized spacial score (nSPS) is 11.6. The number of halogens is 1. The third-order valence-electron chi connectivity index (χ3n) is 3.02. The lowest BCUT2D eigenvalue weighted by atomic mass is 10.1. The van der Waals surface area contributed by atoms with Gasteiger partial charge >= 0.3 is 0 Å². The molecular formula is C14H15ClN4. The SMILES string of the molecule is CC(C)Cn1cc(-c2cc(Cl)cc3[nH]ncc23)cn1. The van der Waals surface area contributed by atoms with Gasteiger partial charge in [0.25, 0.3) is 0 Å².